The zero-order valence-corrected chi connectivity index (χ0v) is 14.7. The van der Waals surface area contributed by atoms with Crippen molar-refractivity contribution in [3.05, 3.63) is 68.9 Å². The fraction of sp³-hybridized carbons (Fsp3) is 0.235. The number of hydrogen-bond acceptors (Lipinski definition) is 5. The largest absolute Gasteiger partial charge is 0.462 e. The molecule has 3 rings (SSSR count). The van der Waals surface area contributed by atoms with Gasteiger partial charge in [0.1, 0.15) is 0 Å². The summed E-state index contributed by atoms with van der Waals surface area (Å²) >= 11 is 7.71. The Morgan fingerprint density at radius 1 is 1.38 bits per heavy atom. The molecule has 0 atom stereocenters. The molecule has 24 heavy (non-hydrogen) atoms. The Morgan fingerprint density at radius 3 is 2.96 bits per heavy atom. The topological polar surface area (TPSA) is 57.0 Å². The Labute approximate surface area is 148 Å². The van der Waals surface area contributed by atoms with Crippen LogP contribution < -0.4 is 0 Å². The quantitative estimate of drug-likeness (QED) is 0.627. The summed E-state index contributed by atoms with van der Waals surface area (Å²) in [5, 5.41) is 4.87. The van der Waals surface area contributed by atoms with Crippen molar-refractivity contribution in [1.29, 1.82) is 0 Å². The maximum absolute atomic E-state index is 12.1. The third-order valence-electron chi connectivity index (χ3n) is 3.57. The van der Waals surface area contributed by atoms with Crippen LogP contribution >= 0.6 is 22.9 Å². The molecule has 0 saturated carbocycles. The molecule has 3 aromatic rings. The van der Waals surface area contributed by atoms with Crippen LogP contribution in [0.1, 0.15) is 26.5 Å². The second-order valence-electron chi connectivity index (χ2n) is 5.26. The summed E-state index contributed by atoms with van der Waals surface area (Å²) in [4.78, 5) is 17.4. The molecule has 0 unspecified atom stereocenters. The van der Waals surface area contributed by atoms with Crippen LogP contribution in [0.25, 0.3) is 0 Å². The molecule has 124 valence electrons. The van der Waals surface area contributed by atoms with Gasteiger partial charge >= 0.3 is 5.97 Å². The smallest absolute Gasteiger partial charge is 0.341 e. The van der Waals surface area contributed by atoms with E-state index in [1.807, 2.05) is 31.2 Å². The van der Waals surface area contributed by atoms with Gasteiger partial charge in [-0.1, -0.05) is 29.8 Å². The lowest BCUT2D eigenvalue weighted by molar-refractivity contribution is 0.0509. The van der Waals surface area contributed by atoms with Gasteiger partial charge in [-0.2, -0.15) is 5.10 Å². The van der Waals surface area contributed by atoms with Gasteiger partial charge in [-0.05, 0) is 18.6 Å². The number of esters is 1. The minimum atomic E-state index is -0.373. The molecule has 0 radical (unpaired) electrons. The lowest BCUT2D eigenvalue weighted by Gasteiger charge is -2.04. The first-order chi connectivity index (χ1) is 11.6. The summed E-state index contributed by atoms with van der Waals surface area (Å²) < 4.78 is 6.98. The third-order valence-corrected chi connectivity index (χ3v) is 4.93. The fourth-order valence-corrected chi connectivity index (χ4v) is 3.20. The average molecular weight is 362 g/mol. The Morgan fingerprint density at radius 2 is 2.21 bits per heavy atom. The minimum Gasteiger partial charge on any atom is -0.462 e. The predicted molar refractivity (Wildman–Crippen MR) is 93.6 cm³/mol. The number of halogens is 1. The highest BCUT2D eigenvalue weighted by Crippen LogP contribution is 2.16. The monoisotopic (exact) mass is 361 g/mol. The summed E-state index contributed by atoms with van der Waals surface area (Å²) in [5.41, 5.74) is 4.17. The lowest BCUT2D eigenvalue weighted by Crippen LogP contribution is -2.07. The van der Waals surface area contributed by atoms with Crippen molar-refractivity contribution in [2.45, 2.75) is 19.9 Å². The van der Waals surface area contributed by atoms with E-state index in [1.54, 1.807) is 27.7 Å². The maximum Gasteiger partial charge on any atom is 0.341 e. The molecular formula is C17H16ClN3O2S. The number of rotatable bonds is 6. The van der Waals surface area contributed by atoms with Crippen LogP contribution in [-0.4, -0.2) is 27.3 Å². The number of benzene rings is 1. The van der Waals surface area contributed by atoms with Crippen LogP contribution in [0.15, 0.2) is 42.2 Å². The van der Waals surface area contributed by atoms with Gasteiger partial charge in [-0.3, -0.25) is 4.68 Å². The summed E-state index contributed by atoms with van der Waals surface area (Å²) in [5.74, 6) is -0.373. The first-order valence-corrected chi connectivity index (χ1v) is 8.71. The highest BCUT2D eigenvalue weighted by atomic mass is 35.5. The average Bonchev–Trinajstić information content (AvgIpc) is 3.19. The first-order valence-electron chi connectivity index (χ1n) is 7.45. The molecule has 0 fully saturated rings. The number of aryl methyl sites for hydroxylation is 1. The molecule has 5 nitrogen and oxygen atoms in total. The standard InChI is InChI=1S/C17H16ClN3O2S/c1-12-16(24-11-19-12)6-7-23-17(22)14-8-20-21(10-14)9-13-4-2-3-5-15(13)18/h2-5,8,10-11H,6-7,9H2,1H3. The third kappa shape index (κ3) is 4.01. The predicted octanol–water partition coefficient (Wildman–Crippen LogP) is 3.75. The van der Waals surface area contributed by atoms with Crippen molar-refractivity contribution in [2.75, 3.05) is 6.61 Å². The number of carbonyl (C=O) groups is 1. The fourth-order valence-electron chi connectivity index (χ4n) is 2.24. The molecule has 1 aromatic carbocycles. The lowest BCUT2D eigenvalue weighted by atomic mass is 10.2. The number of carbonyl (C=O) groups excluding carboxylic acids is 1. The summed E-state index contributed by atoms with van der Waals surface area (Å²) in [6.07, 6.45) is 3.86. The van der Waals surface area contributed by atoms with Gasteiger partial charge in [0.05, 0.1) is 36.1 Å². The van der Waals surface area contributed by atoms with Crippen LogP contribution in [0.2, 0.25) is 5.02 Å². The summed E-state index contributed by atoms with van der Waals surface area (Å²) in [7, 11) is 0. The van der Waals surface area contributed by atoms with Crippen LogP contribution in [0.4, 0.5) is 0 Å². The Balaban J connectivity index is 1.56. The van der Waals surface area contributed by atoms with Gasteiger partial charge < -0.3 is 4.74 Å². The van der Waals surface area contributed by atoms with Crippen molar-refractivity contribution in [1.82, 2.24) is 14.8 Å². The molecular weight excluding hydrogens is 346 g/mol. The van der Waals surface area contributed by atoms with E-state index in [-0.39, 0.29) is 5.97 Å². The van der Waals surface area contributed by atoms with Crippen molar-refractivity contribution in [3.63, 3.8) is 0 Å². The Bertz CT molecular complexity index is 844. The van der Waals surface area contributed by atoms with E-state index in [0.29, 0.717) is 30.2 Å². The Hall–Kier alpha value is -2.18. The van der Waals surface area contributed by atoms with Crippen molar-refractivity contribution in [3.8, 4) is 0 Å². The second kappa shape index (κ2) is 7.59. The maximum atomic E-state index is 12.1. The Kier molecular flexibility index (Phi) is 5.27. The van der Waals surface area contributed by atoms with Crippen molar-refractivity contribution >= 4 is 28.9 Å². The van der Waals surface area contributed by atoms with E-state index in [0.717, 1.165) is 16.1 Å². The molecule has 0 aliphatic heterocycles. The van der Waals surface area contributed by atoms with Crippen LogP contribution in [0.3, 0.4) is 0 Å². The molecule has 0 amide bonds. The molecule has 0 aliphatic carbocycles. The highest BCUT2D eigenvalue weighted by Gasteiger charge is 2.11. The molecule has 0 aliphatic rings. The SMILES string of the molecule is Cc1ncsc1CCOC(=O)c1cnn(Cc2ccccc2Cl)c1. The molecule has 7 heteroatoms. The zero-order chi connectivity index (χ0) is 16.9. The molecule has 0 saturated heterocycles. The first kappa shape index (κ1) is 16.7. The second-order valence-corrected chi connectivity index (χ2v) is 6.61. The molecule has 0 spiro atoms. The van der Waals surface area contributed by atoms with Gasteiger partial charge in [-0.25, -0.2) is 9.78 Å². The van der Waals surface area contributed by atoms with E-state index < -0.39 is 0 Å². The van der Waals surface area contributed by atoms with Gasteiger partial charge in [0.25, 0.3) is 0 Å². The number of ether oxygens (including phenoxy) is 1. The van der Waals surface area contributed by atoms with E-state index in [4.69, 9.17) is 16.3 Å². The molecule has 2 heterocycles. The van der Waals surface area contributed by atoms with E-state index in [1.165, 1.54) is 6.20 Å². The van der Waals surface area contributed by atoms with Gasteiger partial charge in [0.15, 0.2) is 0 Å². The van der Waals surface area contributed by atoms with E-state index >= 15 is 0 Å². The highest BCUT2D eigenvalue weighted by molar-refractivity contribution is 7.09. The van der Waals surface area contributed by atoms with Crippen molar-refractivity contribution < 1.29 is 9.53 Å². The number of nitrogens with zero attached hydrogens (tertiary/aromatic N) is 3. The minimum absolute atomic E-state index is 0.331. The number of aromatic nitrogens is 3. The zero-order valence-electron chi connectivity index (χ0n) is 13.1. The number of thiazole rings is 1. The summed E-state index contributed by atoms with van der Waals surface area (Å²) in [6.45, 7) is 2.79. The van der Waals surface area contributed by atoms with Gasteiger partial charge in [0.2, 0.25) is 0 Å². The molecule has 0 N–H and O–H groups in total. The molecule has 0 bridgehead atoms. The van der Waals surface area contributed by atoms with Gasteiger partial charge in [0, 0.05) is 22.5 Å². The van der Waals surface area contributed by atoms with E-state index in [9.17, 15) is 4.79 Å². The van der Waals surface area contributed by atoms with E-state index in [2.05, 4.69) is 10.1 Å². The van der Waals surface area contributed by atoms with Crippen LogP contribution in [0.5, 0.6) is 0 Å². The van der Waals surface area contributed by atoms with Gasteiger partial charge in [-0.15, -0.1) is 11.3 Å². The summed E-state index contributed by atoms with van der Waals surface area (Å²) in [6, 6.07) is 7.56. The normalized spacial score (nSPS) is 10.8. The number of hydrogen-bond donors (Lipinski definition) is 0. The van der Waals surface area contributed by atoms with Crippen molar-refractivity contribution in [2.24, 2.45) is 0 Å². The molecule has 2 aromatic heterocycles. The van der Waals surface area contributed by atoms with Crippen LogP contribution in [0, 0.1) is 6.92 Å². The van der Waals surface area contributed by atoms with Crippen LogP contribution in [-0.2, 0) is 17.7 Å².